The maximum absolute atomic E-state index is 15.4. The number of nitrogens with one attached hydrogen (secondary N) is 1. The summed E-state index contributed by atoms with van der Waals surface area (Å²) in [4.78, 5) is 45.8. The third-order valence-corrected chi connectivity index (χ3v) is 8.50. The van der Waals surface area contributed by atoms with Crippen LogP contribution in [0.1, 0.15) is 48.7 Å². The standard InChI is InChI=1S/C37H37F6N5O6S/c1-5-7-25(47(6-2)33(50)22-8-12-26(13-9-22)54-37(41,42)43)17-29(44)23-11-15-30(28(38)16-23)45-34(51)46-35-48(32(49)20-55-35)31-18-27(52-4)14-10-24(31)19-53-21-36(3,39)40/h7-18H,5-6,19-21,44H2,1-4H3,(H,45,51)/b25-7-,29-17-,46-35-. The molecule has 1 aliphatic heterocycles. The minimum Gasteiger partial charge on any atom is -0.497 e. The number of amides is 4. The highest BCUT2D eigenvalue weighted by molar-refractivity contribution is 8.15. The van der Waals surface area contributed by atoms with Gasteiger partial charge in [0, 0.05) is 47.6 Å². The molecule has 1 saturated heterocycles. The summed E-state index contributed by atoms with van der Waals surface area (Å²) in [5.74, 6) is -5.21. The number of hydrogen-bond acceptors (Lipinski definition) is 8. The highest BCUT2D eigenvalue weighted by atomic mass is 32.2. The van der Waals surface area contributed by atoms with Gasteiger partial charge in [0.2, 0.25) is 5.91 Å². The van der Waals surface area contributed by atoms with Crippen molar-refractivity contribution in [3.8, 4) is 11.5 Å². The lowest BCUT2D eigenvalue weighted by atomic mass is 10.1. The van der Waals surface area contributed by atoms with Crippen molar-refractivity contribution in [3.05, 3.63) is 101 Å². The van der Waals surface area contributed by atoms with E-state index in [0.29, 0.717) is 30.4 Å². The van der Waals surface area contributed by atoms with Gasteiger partial charge in [0.1, 0.15) is 23.9 Å². The van der Waals surface area contributed by atoms with Crippen LogP contribution in [0.5, 0.6) is 11.5 Å². The van der Waals surface area contributed by atoms with Crippen LogP contribution in [0.25, 0.3) is 5.70 Å². The number of anilines is 2. The van der Waals surface area contributed by atoms with Crippen molar-refractivity contribution in [2.75, 3.05) is 36.2 Å². The predicted molar refractivity (Wildman–Crippen MR) is 196 cm³/mol. The molecule has 294 valence electrons. The number of aliphatic imine (C=N–C) groups is 1. The van der Waals surface area contributed by atoms with Gasteiger partial charge >= 0.3 is 12.4 Å². The number of nitrogens with zero attached hydrogens (tertiary/aromatic N) is 3. The Morgan fingerprint density at radius 1 is 1.02 bits per heavy atom. The second-order valence-corrected chi connectivity index (χ2v) is 12.8. The lowest BCUT2D eigenvalue weighted by molar-refractivity contribution is -0.274. The van der Waals surface area contributed by atoms with E-state index in [-0.39, 0.29) is 52.3 Å². The number of rotatable bonds is 14. The van der Waals surface area contributed by atoms with E-state index in [1.165, 1.54) is 54.5 Å². The zero-order valence-corrected chi connectivity index (χ0v) is 30.8. The van der Waals surface area contributed by atoms with Crippen LogP contribution >= 0.6 is 11.8 Å². The molecule has 0 bridgehead atoms. The van der Waals surface area contributed by atoms with E-state index in [1.807, 2.05) is 6.92 Å². The van der Waals surface area contributed by atoms with Gasteiger partial charge < -0.3 is 30.2 Å². The number of carbonyl (C=O) groups is 3. The first-order valence-electron chi connectivity index (χ1n) is 16.6. The number of methoxy groups -OCH3 is 1. The van der Waals surface area contributed by atoms with Crippen molar-refractivity contribution in [3.63, 3.8) is 0 Å². The lowest BCUT2D eigenvalue weighted by Gasteiger charge is -2.23. The average Bonchev–Trinajstić information content (AvgIpc) is 3.47. The molecule has 11 nitrogen and oxygen atoms in total. The van der Waals surface area contributed by atoms with Crippen molar-refractivity contribution in [2.24, 2.45) is 10.7 Å². The quantitative estimate of drug-likeness (QED) is 0.123. The summed E-state index contributed by atoms with van der Waals surface area (Å²) in [6.07, 6.45) is -1.28. The van der Waals surface area contributed by atoms with Gasteiger partial charge in [-0.15, -0.1) is 13.2 Å². The van der Waals surface area contributed by atoms with Gasteiger partial charge in [0.25, 0.3) is 11.8 Å². The smallest absolute Gasteiger partial charge is 0.497 e. The lowest BCUT2D eigenvalue weighted by Crippen LogP contribution is -2.31. The molecule has 0 radical (unpaired) electrons. The van der Waals surface area contributed by atoms with Gasteiger partial charge in [-0.25, -0.2) is 18.0 Å². The highest BCUT2D eigenvalue weighted by Crippen LogP contribution is 2.34. The van der Waals surface area contributed by atoms with E-state index < -0.39 is 48.3 Å². The first-order chi connectivity index (χ1) is 25.9. The Morgan fingerprint density at radius 3 is 2.29 bits per heavy atom. The Morgan fingerprint density at radius 2 is 1.69 bits per heavy atom. The molecule has 18 heteroatoms. The Bertz CT molecular complexity index is 1980. The summed E-state index contributed by atoms with van der Waals surface area (Å²) in [6.45, 7) is 3.21. The van der Waals surface area contributed by atoms with Crippen LogP contribution in [0, 0.1) is 5.82 Å². The van der Waals surface area contributed by atoms with Crippen LogP contribution < -0.4 is 25.4 Å². The topological polar surface area (TPSA) is 136 Å². The number of benzene rings is 3. The van der Waals surface area contributed by atoms with Crippen molar-refractivity contribution < 1.29 is 54.9 Å². The van der Waals surface area contributed by atoms with Crippen LogP contribution in [-0.4, -0.2) is 66.2 Å². The van der Waals surface area contributed by atoms with Crippen molar-refractivity contribution in [2.45, 2.75) is 46.1 Å². The van der Waals surface area contributed by atoms with Crippen LogP contribution in [0.4, 0.5) is 42.5 Å². The molecule has 1 heterocycles. The fourth-order valence-electron chi connectivity index (χ4n) is 5.15. The van der Waals surface area contributed by atoms with E-state index in [4.69, 9.17) is 15.2 Å². The summed E-state index contributed by atoms with van der Waals surface area (Å²) in [5.41, 5.74) is 7.27. The van der Waals surface area contributed by atoms with E-state index in [9.17, 15) is 36.3 Å². The Kier molecular flexibility index (Phi) is 14.0. The third kappa shape index (κ3) is 11.7. The molecule has 0 spiro atoms. The van der Waals surface area contributed by atoms with Gasteiger partial charge in [-0.05, 0) is 61.9 Å². The summed E-state index contributed by atoms with van der Waals surface area (Å²) in [7, 11) is 1.40. The molecule has 55 heavy (non-hydrogen) atoms. The van der Waals surface area contributed by atoms with Crippen molar-refractivity contribution >= 4 is 51.8 Å². The SMILES string of the molecule is CC/C=C(/C=C(\N)c1ccc(NC(=O)/N=C2\SCC(=O)N2c2cc(OC)ccc2COCC(C)(F)F)c(F)c1)N(CC)C(=O)c1ccc(OC(F)(F)F)cc1. The number of ether oxygens (including phenoxy) is 3. The van der Waals surface area contributed by atoms with E-state index in [1.54, 1.807) is 19.1 Å². The Balaban J connectivity index is 1.52. The second kappa shape index (κ2) is 18.2. The average molecular weight is 794 g/mol. The Hall–Kier alpha value is -5.49. The number of nitrogens with two attached hydrogens (primary N) is 1. The van der Waals surface area contributed by atoms with Crippen LogP contribution in [0.2, 0.25) is 0 Å². The summed E-state index contributed by atoms with van der Waals surface area (Å²) in [6, 6.07) is 11.7. The third-order valence-electron chi connectivity index (χ3n) is 7.58. The maximum Gasteiger partial charge on any atom is 0.573 e. The molecule has 1 aliphatic rings. The minimum absolute atomic E-state index is 0.0501. The van der Waals surface area contributed by atoms with E-state index in [2.05, 4.69) is 15.0 Å². The largest absolute Gasteiger partial charge is 0.573 e. The maximum atomic E-state index is 15.4. The number of carbonyl (C=O) groups excluding carboxylic acids is 3. The molecule has 4 rings (SSSR count). The summed E-state index contributed by atoms with van der Waals surface area (Å²) >= 11 is 0.936. The molecular formula is C37H37F6N5O6S. The number of hydrogen-bond donors (Lipinski definition) is 2. The number of alkyl halides is 5. The van der Waals surface area contributed by atoms with Crippen molar-refractivity contribution in [1.29, 1.82) is 0 Å². The predicted octanol–water partition coefficient (Wildman–Crippen LogP) is 8.33. The van der Waals surface area contributed by atoms with Crippen LogP contribution in [0.15, 0.2) is 83.5 Å². The van der Waals surface area contributed by atoms with Gasteiger partial charge in [0.15, 0.2) is 5.17 Å². The summed E-state index contributed by atoms with van der Waals surface area (Å²) in [5, 5.41) is 2.28. The zero-order valence-electron chi connectivity index (χ0n) is 30.0. The molecule has 0 unspecified atom stereocenters. The number of amidine groups is 1. The number of likely N-dealkylation sites (N-methyl/N-ethyl adjacent to an activating group) is 1. The number of urea groups is 1. The first-order valence-corrected chi connectivity index (χ1v) is 17.5. The zero-order chi connectivity index (χ0) is 40.5. The fraction of sp³-hybridized carbons (Fsp3) is 0.297. The molecule has 0 saturated carbocycles. The minimum atomic E-state index is -4.89. The van der Waals surface area contributed by atoms with E-state index >= 15 is 4.39 Å². The van der Waals surface area contributed by atoms with Gasteiger partial charge in [-0.2, -0.15) is 4.99 Å². The van der Waals surface area contributed by atoms with Gasteiger partial charge in [-0.1, -0.05) is 36.9 Å². The van der Waals surface area contributed by atoms with Gasteiger partial charge in [0.05, 0.1) is 30.8 Å². The highest BCUT2D eigenvalue weighted by Gasteiger charge is 2.33. The molecule has 3 N–H and O–H groups in total. The Labute approximate surface area is 316 Å². The van der Waals surface area contributed by atoms with Gasteiger partial charge in [-0.3, -0.25) is 14.5 Å². The summed E-state index contributed by atoms with van der Waals surface area (Å²) < 4.78 is 94.1. The number of allylic oxidation sites excluding steroid dienone is 2. The number of thioether (sulfide) groups is 1. The molecule has 0 aromatic heterocycles. The number of halogens is 6. The van der Waals surface area contributed by atoms with E-state index in [0.717, 1.165) is 34.9 Å². The molecule has 3 aromatic rings. The van der Waals surface area contributed by atoms with Crippen LogP contribution in [-0.2, 0) is 16.1 Å². The fourth-order valence-corrected chi connectivity index (χ4v) is 6.00. The molecule has 4 amide bonds. The second-order valence-electron chi connectivity index (χ2n) is 11.9. The van der Waals surface area contributed by atoms with Crippen LogP contribution in [0.3, 0.4) is 0 Å². The first kappa shape index (κ1) is 42.3. The molecule has 0 aliphatic carbocycles. The molecule has 0 atom stereocenters. The molecule has 1 fully saturated rings. The molecule has 3 aromatic carbocycles. The normalized spacial score (nSPS) is 14.7. The monoisotopic (exact) mass is 793 g/mol. The molecular weight excluding hydrogens is 756 g/mol. The van der Waals surface area contributed by atoms with Crippen molar-refractivity contribution in [1.82, 2.24) is 4.90 Å².